The first-order valence-electron chi connectivity index (χ1n) is 7.93. The zero-order valence-electron chi connectivity index (χ0n) is 13.1. The van der Waals surface area contributed by atoms with E-state index < -0.39 is 0 Å². The number of rotatable bonds is 6. The Bertz CT molecular complexity index is 440. The molecule has 2 rings (SSSR count). The number of amides is 1. The molecule has 0 aromatic carbocycles. The molecule has 0 spiro atoms. The van der Waals surface area contributed by atoms with Crippen LogP contribution < -0.4 is 15.5 Å². The van der Waals surface area contributed by atoms with E-state index >= 15 is 0 Å². The highest BCUT2D eigenvalue weighted by Crippen LogP contribution is 2.19. The number of carbonyl (C=O) groups is 1. The molecule has 1 saturated heterocycles. The lowest BCUT2D eigenvalue weighted by molar-refractivity contribution is -0.119. The molecule has 1 unspecified atom stereocenters. The molecule has 5 heteroatoms. The summed E-state index contributed by atoms with van der Waals surface area (Å²) in [6.45, 7) is 7.70. The minimum atomic E-state index is -0.0493. The molecule has 0 bridgehead atoms. The molecule has 5 nitrogen and oxygen atoms in total. The second kappa shape index (κ2) is 7.98. The van der Waals surface area contributed by atoms with E-state index in [0.29, 0.717) is 6.54 Å². The van der Waals surface area contributed by atoms with Crippen LogP contribution in [0, 0.1) is 5.92 Å². The highest BCUT2D eigenvalue weighted by molar-refractivity contribution is 5.92. The van der Waals surface area contributed by atoms with Gasteiger partial charge in [0, 0.05) is 25.6 Å². The topological polar surface area (TPSA) is 57.3 Å². The average molecular weight is 290 g/mol. The molecule has 1 amide bonds. The molecule has 1 fully saturated rings. The van der Waals surface area contributed by atoms with Crippen LogP contribution in [0.4, 0.5) is 11.5 Å². The van der Waals surface area contributed by atoms with Gasteiger partial charge in [0.1, 0.15) is 5.82 Å². The van der Waals surface area contributed by atoms with Crippen LogP contribution in [-0.4, -0.2) is 37.1 Å². The first kappa shape index (κ1) is 15.8. The zero-order chi connectivity index (χ0) is 15.1. The lowest BCUT2D eigenvalue weighted by atomic mass is 10.1. The SMILES string of the molecule is CCNCC(C)C(=O)Nc1ccc(N2CCCCC2)nc1. The van der Waals surface area contributed by atoms with Gasteiger partial charge in [-0.3, -0.25) is 4.79 Å². The fourth-order valence-corrected chi connectivity index (χ4v) is 2.49. The molecule has 0 aliphatic carbocycles. The van der Waals surface area contributed by atoms with Gasteiger partial charge in [-0.1, -0.05) is 13.8 Å². The fourth-order valence-electron chi connectivity index (χ4n) is 2.49. The number of nitrogens with zero attached hydrogens (tertiary/aromatic N) is 2. The van der Waals surface area contributed by atoms with Gasteiger partial charge in [0.15, 0.2) is 0 Å². The van der Waals surface area contributed by atoms with Crippen molar-refractivity contribution in [3.63, 3.8) is 0 Å². The van der Waals surface area contributed by atoms with Crippen molar-refractivity contribution in [2.24, 2.45) is 5.92 Å². The fraction of sp³-hybridized carbons (Fsp3) is 0.625. The summed E-state index contributed by atoms with van der Waals surface area (Å²) in [4.78, 5) is 18.8. The van der Waals surface area contributed by atoms with E-state index in [0.717, 1.165) is 31.1 Å². The van der Waals surface area contributed by atoms with Gasteiger partial charge in [0.2, 0.25) is 5.91 Å². The van der Waals surface area contributed by atoms with Gasteiger partial charge in [-0.15, -0.1) is 0 Å². The van der Waals surface area contributed by atoms with E-state index in [-0.39, 0.29) is 11.8 Å². The van der Waals surface area contributed by atoms with Crippen LogP contribution in [0.25, 0.3) is 0 Å². The van der Waals surface area contributed by atoms with Crippen LogP contribution in [0.1, 0.15) is 33.1 Å². The average Bonchev–Trinajstić information content (AvgIpc) is 2.54. The van der Waals surface area contributed by atoms with E-state index in [1.54, 1.807) is 6.20 Å². The molecular formula is C16H26N4O. The number of carbonyl (C=O) groups excluding carboxylic acids is 1. The maximum atomic E-state index is 12.0. The van der Waals surface area contributed by atoms with Crippen LogP contribution in [0.15, 0.2) is 18.3 Å². The molecule has 1 atom stereocenters. The maximum absolute atomic E-state index is 12.0. The molecule has 2 heterocycles. The number of hydrogen-bond acceptors (Lipinski definition) is 4. The first-order chi connectivity index (χ1) is 10.2. The summed E-state index contributed by atoms with van der Waals surface area (Å²) >= 11 is 0. The highest BCUT2D eigenvalue weighted by Gasteiger charge is 2.14. The Labute approximate surface area is 127 Å². The lowest BCUT2D eigenvalue weighted by Crippen LogP contribution is -2.31. The maximum Gasteiger partial charge on any atom is 0.228 e. The van der Waals surface area contributed by atoms with Crippen molar-refractivity contribution in [2.45, 2.75) is 33.1 Å². The molecular weight excluding hydrogens is 264 g/mol. The van der Waals surface area contributed by atoms with Crippen LogP contribution >= 0.6 is 0 Å². The monoisotopic (exact) mass is 290 g/mol. The number of aromatic nitrogens is 1. The van der Waals surface area contributed by atoms with Crippen LogP contribution in [0.2, 0.25) is 0 Å². The van der Waals surface area contributed by atoms with Crippen molar-refractivity contribution >= 4 is 17.4 Å². The van der Waals surface area contributed by atoms with Crippen molar-refractivity contribution in [3.8, 4) is 0 Å². The molecule has 1 aromatic heterocycles. The van der Waals surface area contributed by atoms with Crippen LogP contribution in [-0.2, 0) is 4.79 Å². The molecule has 1 aliphatic rings. The van der Waals surface area contributed by atoms with Crippen LogP contribution in [0.5, 0.6) is 0 Å². The third kappa shape index (κ3) is 4.70. The minimum absolute atomic E-state index is 0.0310. The zero-order valence-corrected chi connectivity index (χ0v) is 13.1. The molecule has 2 N–H and O–H groups in total. The third-order valence-corrected chi connectivity index (χ3v) is 3.84. The third-order valence-electron chi connectivity index (χ3n) is 3.84. The predicted molar refractivity (Wildman–Crippen MR) is 86.6 cm³/mol. The Morgan fingerprint density at radius 1 is 1.33 bits per heavy atom. The molecule has 116 valence electrons. The second-order valence-corrected chi connectivity index (χ2v) is 5.65. The molecule has 1 aromatic rings. The van der Waals surface area contributed by atoms with Gasteiger partial charge >= 0.3 is 0 Å². The van der Waals surface area contributed by atoms with Crippen molar-refractivity contribution in [3.05, 3.63) is 18.3 Å². The van der Waals surface area contributed by atoms with E-state index in [2.05, 4.69) is 20.5 Å². The molecule has 21 heavy (non-hydrogen) atoms. The van der Waals surface area contributed by atoms with Crippen LogP contribution in [0.3, 0.4) is 0 Å². The summed E-state index contributed by atoms with van der Waals surface area (Å²) in [6, 6.07) is 3.94. The Morgan fingerprint density at radius 2 is 2.10 bits per heavy atom. The van der Waals surface area contributed by atoms with Gasteiger partial charge < -0.3 is 15.5 Å². The van der Waals surface area contributed by atoms with E-state index in [1.165, 1.54) is 19.3 Å². The summed E-state index contributed by atoms with van der Waals surface area (Å²) in [5, 5.41) is 6.10. The van der Waals surface area contributed by atoms with Gasteiger partial charge in [-0.05, 0) is 37.9 Å². The summed E-state index contributed by atoms with van der Waals surface area (Å²) < 4.78 is 0. The number of hydrogen-bond donors (Lipinski definition) is 2. The smallest absolute Gasteiger partial charge is 0.228 e. The number of pyridine rings is 1. The Balaban J connectivity index is 1.88. The predicted octanol–water partition coefficient (Wildman–Crippen LogP) is 2.26. The lowest BCUT2D eigenvalue weighted by Gasteiger charge is -2.27. The van der Waals surface area contributed by atoms with E-state index in [1.807, 2.05) is 26.0 Å². The largest absolute Gasteiger partial charge is 0.357 e. The van der Waals surface area contributed by atoms with Gasteiger partial charge in [-0.2, -0.15) is 0 Å². The summed E-state index contributed by atoms with van der Waals surface area (Å²) in [6.07, 6.45) is 5.54. The number of anilines is 2. The number of nitrogens with one attached hydrogen (secondary N) is 2. The highest BCUT2D eigenvalue weighted by atomic mass is 16.1. The Hall–Kier alpha value is -1.62. The first-order valence-corrected chi connectivity index (χ1v) is 7.93. The molecule has 0 radical (unpaired) electrons. The van der Waals surface area contributed by atoms with Crippen molar-refractivity contribution < 1.29 is 4.79 Å². The minimum Gasteiger partial charge on any atom is -0.357 e. The van der Waals surface area contributed by atoms with E-state index in [4.69, 9.17) is 0 Å². The molecule has 1 aliphatic heterocycles. The summed E-state index contributed by atoms with van der Waals surface area (Å²) in [5.74, 6) is 0.989. The normalized spacial score (nSPS) is 16.6. The number of piperidine rings is 1. The standard InChI is InChI=1S/C16H26N4O/c1-3-17-11-13(2)16(21)19-14-7-8-15(18-12-14)20-9-5-4-6-10-20/h7-8,12-13,17H,3-6,9-11H2,1-2H3,(H,19,21). The second-order valence-electron chi connectivity index (χ2n) is 5.65. The molecule has 0 saturated carbocycles. The van der Waals surface area contributed by atoms with E-state index in [9.17, 15) is 4.79 Å². The van der Waals surface area contributed by atoms with Gasteiger partial charge in [0.05, 0.1) is 11.9 Å². The Morgan fingerprint density at radius 3 is 2.71 bits per heavy atom. The van der Waals surface area contributed by atoms with Gasteiger partial charge in [-0.25, -0.2) is 4.98 Å². The van der Waals surface area contributed by atoms with Crippen molar-refractivity contribution in [1.82, 2.24) is 10.3 Å². The summed E-state index contributed by atoms with van der Waals surface area (Å²) in [7, 11) is 0. The van der Waals surface area contributed by atoms with Crippen molar-refractivity contribution in [1.29, 1.82) is 0 Å². The van der Waals surface area contributed by atoms with Crippen molar-refractivity contribution in [2.75, 3.05) is 36.4 Å². The quantitative estimate of drug-likeness (QED) is 0.844. The Kier molecular flexibility index (Phi) is 5.99. The van der Waals surface area contributed by atoms with Gasteiger partial charge in [0.25, 0.3) is 0 Å². The summed E-state index contributed by atoms with van der Waals surface area (Å²) in [5.41, 5.74) is 0.768.